The van der Waals surface area contributed by atoms with Gasteiger partial charge in [0.2, 0.25) is 0 Å². The number of nitrogens with one attached hydrogen (secondary N) is 1. The van der Waals surface area contributed by atoms with Crippen LogP contribution in [0.4, 0.5) is 5.82 Å². The van der Waals surface area contributed by atoms with Gasteiger partial charge in [0.05, 0.1) is 10.3 Å². The molecule has 8 heteroatoms. The van der Waals surface area contributed by atoms with Gasteiger partial charge in [-0.05, 0) is 60.9 Å². The fraction of sp³-hybridized carbons (Fsp3) is 0.192. The van der Waals surface area contributed by atoms with Crippen LogP contribution in [0.15, 0.2) is 73.1 Å². The average molecular weight is 476 g/mol. The van der Waals surface area contributed by atoms with Gasteiger partial charge in [0.1, 0.15) is 6.20 Å². The molecule has 4 rings (SSSR count). The van der Waals surface area contributed by atoms with Crippen LogP contribution >= 0.6 is 0 Å². The number of hydrogen-bond donors (Lipinski definition) is 1. The second-order valence-corrected chi connectivity index (χ2v) is 11.3. The van der Waals surface area contributed by atoms with Crippen LogP contribution in [0.5, 0.6) is 0 Å². The zero-order valence-electron chi connectivity index (χ0n) is 19.4. The lowest BCUT2D eigenvalue weighted by atomic mass is 9.92. The Kier molecular flexibility index (Phi) is 5.87. The van der Waals surface area contributed by atoms with Crippen molar-refractivity contribution >= 4 is 32.5 Å². The fourth-order valence-electron chi connectivity index (χ4n) is 3.77. The summed E-state index contributed by atoms with van der Waals surface area (Å²) in [6.45, 7) is 4.74. The first-order chi connectivity index (χ1) is 16.0. The Morgan fingerprint density at radius 3 is 2.41 bits per heavy atom. The van der Waals surface area contributed by atoms with Gasteiger partial charge in [0.15, 0.2) is 9.84 Å². The second kappa shape index (κ2) is 8.53. The van der Waals surface area contributed by atoms with Crippen LogP contribution in [0.3, 0.4) is 0 Å². The molecule has 0 aliphatic heterocycles. The van der Waals surface area contributed by atoms with Crippen molar-refractivity contribution in [3.63, 3.8) is 0 Å². The van der Waals surface area contributed by atoms with Crippen molar-refractivity contribution in [2.75, 3.05) is 11.6 Å². The van der Waals surface area contributed by atoms with Crippen LogP contribution in [-0.4, -0.2) is 25.6 Å². The van der Waals surface area contributed by atoms with Gasteiger partial charge in [0.25, 0.3) is 5.82 Å². The predicted octanol–water partition coefficient (Wildman–Crippen LogP) is 4.44. The number of rotatable bonds is 5. The molecule has 2 heterocycles. The summed E-state index contributed by atoms with van der Waals surface area (Å²) < 4.78 is 24.6. The van der Waals surface area contributed by atoms with Gasteiger partial charge in [-0.1, -0.05) is 24.3 Å². The highest BCUT2D eigenvalue weighted by Gasteiger charge is 2.33. The molecule has 4 aromatic rings. The molecule has 2 aromatic heterocycles. The van der Waals surface area contributed by atoms with Crippen molar-refractivity contribution in [2.45, 2.75) is 25.5 Å². The maximum absolute atomic E-state index is 12.5. The van der Waals surface area contributed by atoms with E-state index in [2.05, 4.69) is 10.3 Å². The van der Waals surface area contributed by atoms with E-state index in [4.69, 9.17) is 0 Å². The molecule has 0 aliphatic carbocycles. The number of carbonyl (C=O) groups excluding carboxylic acids is 1. The first kappa shape index (κ1) is 23.4. The Morgan fingerprint density at radius 2 is 1.74 bits per heavy atom. The quantitative estimate of drug-likeness (QED) is 0.340. The van der Waals surface area contributed by atoms with E-state index in [0.29, 0.717) is 15.9 Å². The van der Waals surface area contributed by atoms with E-state index in [9.17, 15) is 18.4 Å². The van der Waals surface area contributed by atoms with Gasteiger partial charge in [-0.3, -0.25) is 4.98 Å². The molecule has 0 atom stereocenters. The van der Waals surface area contributed by atoms with E-state index in [1.165, 1.54) is 19.4 Å². The summed E-state index contributed by atoms with van der Waals surface area (Å²) in [5, 5.41) is 15.7. The highest BCUT2D eigenvalue weighted by Crippen LogP contribution is 2.37. The lowest BCUT2D eigenvalue weighted by Gasteiger charge is -2.24. The molecule has 0 unspecified atom stereocenters. The zero-order chi connectivity index (χ0) is 24.7. The van der Waals surface area contributed by atoms with E-state index in [1.54, 1.807) is 32.2 Å². The van der Waals surface area contributed by atoms with Gasteiger partial charge < -0.3 is 5.21 Å². The topological polar surface area (TPSA) is 103 Å². The van der Waals surface area contributed by atoms with Crippen LogP contribution in [0.25, 0.3) is 33.2 Å². The molecular formula is C26H25N3O4S. The van der Waals surface area contributed by atoms with Crippen LogP contribution in [-0.2, 0) is 19.4 Å². The van der Waals surface area contributed by atoms with Crippen LogP contribution in [0.2, 0.25) is 0 Å². The highest BCUT2D eigenvalue weighted by atomic mass is 32.2. The summed E-state index contributed by atoms with van der Waals surface area (Å²) in [6, 6.07) is 18.4. The number of sulfone groups is 1. The minimum atomic E-state index is -3.38. The van der Waals surface area contributed by atoms with E-state index in [0.717, 1.165) is 27.6 Å². The number of benzene rings is 2. The molecule has 2 aromatic carbocycles. The summed E-state index contributed by atoms with van der Waals surface area (Å²) in [7, 11) is -3.38. The molecule has 0 radical (unpaired) electrons. The van der Waals surface area contributed by atoms with Crippen molar-refractivity contribution in [1.29, 1.82) is 0 Å². The minimum absolute atomic E-state index is 0.151. The zero-order valence-corrected chi connectivity index (χ0v) is 20.2. The monoisotopic (exact) mass is 475 g/mol. The van der Waals surface area contributed by atoms with Crippen molar-refractivity contribution in [3.8, 4) is 22.3 Å². The first-order valence-corrected chi connectivity index (χ1v) is 12.6. The molecule has 0 spiro atoms. The van der Waals surface area contributed by atoms with E-state index >= 15 is 0 Å². The van der Waals surface area contributed by atoms with E-state index in [-0.39, 0.29) is 11.7 Å². The minimum Gasteiger partial charge on any atom is -0.711 e. The molecule has 7 nitrogen and oxygen atoms in total. The Balaban J connectivity index is 1.87. The number of anilines is 1. The number of fused-ring (bicyclic) bond motifs is 1. The fourth-order valence-corrected chi connectivity index (χ4v) is 4.32. The normalized spacial score (nSPS) is 12.0. The maximum Gasteiger partial charge on any atom is 0.304 e. The number of pyridine rings is 2. The molecule has 0 saturated carbocycles. The van der Waals surface area contributed by atoms with Crippen molar-refractivity contribution < 1.29 is 17.9 Å². The average Bonchev–Trinajstić information content (AvgIpc) is 2.78. The maximum atomic E-state index is 12.5. The molecule has 174 valence electrons. The predicted molar refractivity (Wildman–Crippen MR) is 134 cm³/mol. The molecule has 0 saturated heterocycles. The molecular weight excluding hydrogens is 450 g/mol. The van der Waals surface area contributed by atoms with Gasteiger partial charge in [0, 0.05) is 42.0 Å². The standard InChI is InChI=1S/C26H25N3O4S/c1-17(30)28-24-11-10-21(16-29(24)31)18-7-5-8-19(13-18)23-15-22(26(2,3)34(4,32)33)14-20-9-6-12-27-25(20)23/h5-16H,1-4H3,(H,28,30). The number of aromatic nitrogens is 2. The number of hydrogen-bond acceptors (Lipinski definition) is 5. The summed E-state index contributed by atoms with van der Waals surface area (Å²) in [4.78, 5) is 15.8. The summed E-state index contributed by atoms with van der Waals surface area (Å²) in [5.41, 5.74) is 4.55. The number of amides is 1. The SMILES string of the molecule is CC(=O)Nc1ccc(-c2cccc(-c3cc(C(C)(C)S(C)(=O)=O)cc4cccnc34)c2)c[n+]1[O-]. The molecule has 1 amide bonds. The van der Waals surface area contributed by atoms with Crippen molar-refractivity contribution in [3.05, 3.63) is 83.8 Å². The van der Waals surface area contributed by atoms with Crippen molar-refractivity contribution in [2.24, 2.45) is 0 Å². The Hall–Kier alpha value is -3.78. The second-order valence-electron chi connectivity index (χ2n) is 8.77. The number of carbonyl (C=O) groups is 1. The summed E-state index contributed by atoms with van der Waals surface area (Å²) >= 11 is 0. The smallest absolute Gasteiger partial charge is 0.304 e. The van der Waals surface area contributed by atoms with Crippen LogP contribution in [0, 0.1) is 5.21 Å². The Labute approximate surface area is 198 Å². The molecule has 34 heavy (non-hydrogen) atoms. The lowest BCUT2D eigenvalue weighted by Crippen LogP contribution is -2.31. The molecule has 0 fully saturated rings. The van der Waals surface area contributed by atoms with Crippen LogP contribution < -0.4 is 10.0 Å². The third-order valence-electron chi connectivity index (χ3n) is 6.05. The van der Waals surface area contributed by atoms with Gasteiger partial charge in [-0.2, -0.15) is 0 Å². The largest absolute Gasteiger partial charge is 0.711 e. The Morgan fingerprint density at radius 1 is 1.00 bits per heavy atom. The van der Waals surface area contributed by atoms with Gasteiger partial charge in [-0.25, -0.2) is 23.3 Å². The first-order valence-electron chi connectivity index (χ1n) is 10.7. The third-order valence-corrected chi connectivity index (χ3v) is 8.14. The number of nitrogens with zero attached hydrogens (tertiary/aromatic N) is 2. The third kappa shape index (κ3) is 4.36. The summed E-state index contributed by atoms with van der Waals surface area (Å²) in [6.07, 6.45) is 4.35. The van der Waals surface area contributed by atoms with Crippen LogP contribution in [0.1, 0.15) is 26.3 Å². The molecule has 0 bridgehead atoms. The van der Waals surface area contributed by atoms with Crippen molar-refractivity contribution in [1.82, 2.24) is 4.98 Å². The highest BCUT2D eigenvalue weighted by molar-refractivity contribution is 7.91. The van der Waals surface area contributed by atoms with Gasteiger partial charge >= 0.3 is 5.91 Å². The van der Waals surface area contributed by atoms with E-state index in [1.807, 2.05) is 48.5 Å². The lowest BCUT2D eigenvalue weighted by molar-refractivity contribution is -0.589. The molecule has 0 aliphatic rings. The van der Waals surface area contributed by atoms with Gasteiger partial charge in [-0.15, -0.1) is 0 Å². The summed E-state index contributed by atoms with van der Waals surface area (Å²) in [5.74, 6) is -0.172. The molecule has 1 N–H and O–H groups in total. The van der Waals surface area contributed by atoms with E-state index < -0.39 is 14.6 Å². The Bertz CT molecular complexity index is 1530.